The van der Waals surface area contributed by atoms with Crippen molar-refractivity contribution in [3.8, 4) is 0 Å². The van der Waals surface area contributed by atoms with Gasteiger partial charge in [-0.15, -0.1) is 11.6 Å². The second-order valence-electron chi connectivity index (χ2n) is 4.50. The number of imidazole rings is 1. The van der Waals surface area contributed by atoms with Gasteiger partial charge < -0.3 is 9.47 Å². The van der Waals surface area contributed by atoms with Crippen LogP contribution in [0, 0.1) is 6.92 Å². The van der Waals surface area contributed by atoms with Gasteiger partial charge >= 0.3 is 0 Å². The molecule has 2 heterocycles. The molecule has 2 aromatic rings. The first-order valence-electron chi connectivity index (χ1n) is 5.64. The van der Waals surface area contributed by atoms with Gasteiger partial charge in [-0.3, -0.25) is 4.68 Å². The number of fused-ring (bicyclic) bond motifs is 1. The van der Waals surface area contributed by atoms with E-state index in [1.807, 2.05) is 18.7 Å². The number of hydrogen-bond donors (Lipinski definition) is 0. The summed E-state index contributed by atoms with van der Waals surface area (Å²) >= 11 is 5.95. The monoisotopic (exact) mass is 255 g/mol. The number of halogens is 1. The van der Waals surface area contributed by atoms with Crippen LogP contribution in [0.5, 0.6) is 0 Å². The molecular formula is C11H18ClN5. The summed E-state index contributed by atoms with van der Waals surface area (Å²) in [5.41, 5.74) is 2.97. The molecule has 0 unspecified atom stereocenters. The van der Waals surface area contributed by atoms with Gasteiger partial charge in [-0.2, -0.15) is 5.10 Å². The summed E-state index contributed by atoms with van der Waals surface area (Å²) in [6.07, 6.45) is 0. The second-order valence-corrected chi connectivity index (χ2v) is 4.77. The molecule has 0 atom stereocenters. The number of hydrogen-bond acceptors (Lipinski definition) is 3. The van der Waals surface area contributed by atoms with Crippen LogP contribution in [0.1, 0.15) is 11.5 Å². The third kappa shape index (κ3) is 2.17. The minimum absolute atomic E-state index is 0.432. The first kappa shape index (κ1) is 12.4. The van der Waals surface area contributed by atoms with Crippen LogP contribution >= 0.6 is 11.6 Å². The maximum Gasteiger partial charge on any atom is 0.158 e. The molecule has 0 fully saturated rings. The predicted octanol–water partition coefficient (Wildman–Crippen LogP) is 1.38. The second kappa shape index (κ2) is 4.66. The Kier molecular flexibility index (Phi) is 3.40. The molecule has 17 heavy (non-hydrogen) atoms. The normalized spacial score (nSPS) is 11.9. The van der Waals surface area contributed by atoms with Crippen LogP contribution in [0.25, 0.3) is 11.2 Å². The summed E-state index contributed by atoms with van der Waals surface area (Å²) < 4.78 is 4.03. The molecule has 0 saturated carbocycles. The van der Waals surface area contributed by atoms with Gasteiger partial charge in [-0.05, 0) is 21.0 Å². The average Bonchev–Trinajstić information content (AvgIpc) is 2.75. The molecule has 5 nitrogen and oxygen atoms in total. The first-order valence-corrected chi connectivity index (χ1v) is 6.17. The van der Waals surface area contributed by atoms with E-state index < -0.39 is 0 Å². The van der Waals surface area contributed by atoms with Gasteiger partial charge in [-0.25, -0.2) is 4.98 Å². The molecule has 0 amide bonds. The largest absolute Gasteiger partial charge is 0.311 e. The van der Waals surface area contributed by atoms with Crippen molar-refractivity contribution in [1.82, 2.24) is 24.2 Å². The predicted molar refractivity (Wildman–Crippen MR) is 69.3 cm³/mol. The molecule has 6 heteroatoms. The number of aryl methyl sites for hydroxylation is 2. The van der Waals surface area contributed by atoms with Gasteiger partial charge in [0.2, 0.25) is 0 Å². The van der Waals surface area contributed by atoms with Crippen molar-refractivity contribution in [3.05, 3.63) is 11.5 Å². The molecular weight excluding hydrogens is 238 g/mol. The van der Waals surface area contributed by atoms with E-state index in [1.165, 1.54) is 0 Å². The lowest BCUT2D eigenvalue weighted by molar-refractivity contribution is 0.383. The van der Waals surface area contributed by atoms with E-state index in [0.29, 0.717) is 5.88 Å². The van der Waals surface area contributed by atoms with E-state index in [2.05, 4.69) is 33.6 Å². The Hall–Kier alpha value is -1.07. The molecule has 0 radical (unpaired) electrons. The van der Waals surface area contributed by atoms with Crippen LogP contribution in [0.4, 0.5) is 0 Å². The molecule has 0 N–H and O–H groups in total. The van der Waals surface area contributed by atoms with Gasteiger partial charge in [0.05, 0.1) is 11.6 Å². The standard InChI is InChI=1S/C11H18ClN5/c1-8-10-11(16(4)14-8)17(6-5-15(2)3)9(7-12)13-10/h5-7H2,1-4H3. The fourth-order valence-corrected chi connectivity index (χ4v) is 2.22. The Bertz CT molecular complexity index is 525. The zero-order valence-electron chi connectivity index (χ0n) is 10.7. The number of rotatable bonds is 4. The lowest BCUT2D eigenvalue weighted by Crippen LogP contribution is -2.20. The van der Waals surface area contributed by atoms with Crippen molar-refractivity contribution >= 4 is 22.8 Å². The quantitative estimate of drug-likeness (QED) is 0.775. The van der Waals surface area contributed by atoms with Crippen molar-refractivity contribution in [1.29, 1.82) is 0 Å². The molecule has 94 valence electrons. The summed E-state index contributed by atoms with van der Waals surface area (Å²) in [5, 5.41) is 4.39. The maximum absolute atomic E-state index is 5.95. The van der Waals surface area contributed by atoms with Gasteiger partial charge in [0.25, 0.3) is 0 Å². The first-order chi connectivity index (χ1) is 8.04. The van der Waals surface area contributed by atoms with Crippen LogP contribution in [-0.4, -0.2) is 44.9 Å². The van der Waals surface area contributed by atoms with Crippen molar-refractivity contribution in [2.24, 2.45) is 7.05 Å². The molecule has 0 aliphatic carbocycles. The molecule has 0 aromatic carbocycles. The van der Waals surface area contributed by atoms with E-state index in [0.717, 1.165) is 35.8 Å². The minimum atomic E-state index is 0.432. The van der Waals surface area contributed by atoms with Crippen molar-refractivity contribution in [2.75, 3.05) is 20.6 Å². The highest BCUT2D eigenvalue weighted by Crippen LogP contribution is 2.19. The lowest BCUT2D eigenvalue weighted by Gasteiger charge is -2.12. The van der Waals surface area contributed by atoms with E-state index in [1.54, 1.807) is 0 Å². The van der Waals surface area contributed by atoms with Crippen LogP contribution in [0.2, 0.25) is 0 Å². The van der Waals surface area contributed by atoms with Crippen LogP contribution in [-0.2, 0) is 19.5 Å². The van der Waals surface area contributed by atoms with Gasteiger partial charge in [0.1, 0.15) is 11.3 Å². The molecule has 0 aliphatic heterocycles. The molecule has 0 spiro atoms. The minimum Gasteiger partial charge on any atom is -0.311 e. The molecule has 2 rings (SSSR count). The molecule has 0 saturated heterocycles. The Balaban J connectivity index is 2.49. The number of likely N-dealkylation sites (N-methyl/N-ethyl adjacent to an activating group) is 1. The number of alkyl halides is 1. The van der Waals surface area contributed by atoms with Gasteiger partial charge in [-0.1, -0.05) is 0 Å². The highest BCUT2D eigenvalue weighted by Gasteiger charge is 2.16. The summed E-state index contributed by atoms with van der Waals surface area (Å²) in [4.78, 5) is 6.70. The van der Waals surface area contributed by atoms with E-state index >= 15 is 0 Å². The fraction of sp³-hybridized carbons (Fsp3) is 0.636. The summed E-state index contributed by atoms with van der Waals surface area (Å²) in [5.74, 6) is 1.35. The fourth-order valence-electron chi connectivity index (χ4n) is 2.02. The Morgan fingerprint density at radius 2 is 2.06 bits per heavy atom. The van der Waals surface area contributed by atoms with Crippen LogP contribution in [0.15, 0.2) is 0 Å². The molecule has 2 aromatic heterocycles. The van der Waals surface area contributed by atoms with E-state index in [9.17, 15) is 0 Å². The average molecular weight is 256 g/mol. The Morgan fingerprint density at radius 3 is 2.65 bits per heavy atom. The smallest absolute Gasteiger partial charge is 0.158 e. The van der Waals surface area contributed by atoms with Crippen molar-refractivity contribution < 1.29 is 0 Å². The third-order valence-corrected chi connectivity index (χ3v) is 3.10. The van der Waals surface area contributed by atoms with Crippen molar-refractivity contribution in [3.63, 3.8) is 0 Å². The van der Waals surface area contributed by atoms with Gasteiger partial charge in [0, 0.05) is 20.1 Å². The summed E-state index contributed by atoms with van der Waals surface area (Å²) in [6.45, 7) is 3.81. The molecule has 0 bridgehead atoms. The number of nitrogens with zero attached hydrogens (tertiary/aromatic N) is 5. The van der Waals surface area contributed by atoms with Crippen molar-refractivity contribution in [2.45, 2.75) is 19.3 Å². The topological polar surface area (TPSA) is 38.9 Å². The number of aromatic nitrogens is 4. The zero-order valence-corrected chi connectivity index (χ0v) is 11.5. The maximum atomic E-state index is 5.95. The Labute approximate surface area is 106 Å². The summed E-state index contributed by atoms with van der Waals surface area (Å²) in [6, 6.07) is 0. The highest BCUT2D eigenvalue weighted by atomic mass is 35.5. The highest BCUT2D eigenvalue weighted by molar-refractivity contribution is 6.16. The zero-order chi connectivity index (χ0) is 12.6. The molecule has 0 aliphatic rings. The van der Waals surface area contributed by atoms with Crippen LogP contribution in [0.3, 0.4) is 0 Å². The summed E-state index contributed by atoms with van der Waals surface area (Å²) in [7, 11) is 6.06. The van der Waals surface area contributed by atoms with E-state index in [4.69, 9.17) is 11.6 Å². The Morgan fingerprint density at radius 1 is 1.35 bits per heavy atom. The van der Waals surface area contributed by atoms with Crippen LogP contribution < -0.4 is 0 Å². The van der Waals surface area contributed by atoms with Gasteiger partial charge in [0.15, 0.2) is 5.65 Å². The lowest BCUT2D eigenvalue weighted by atomic mass is 10.4. The van der Waals surface area contributed by atoms with E-state index in [-0.39, 0.29) is 0 Å². The third-order valence-electron chi connectivity index (χ3n) is 2.86. The SMILES string of the molecule is Cc1nn(C)c2c1nc(CCl)n2CCN(C)C.